The average molecular weight is 272 g/mol. The minimum atomic E-state index is -0.151. The molecule has 20 heavy (non-hydrogen) atoms. The number of carbonyl (C=O) groups is 1. The number of anilines is 1. The van der Waals surface area contributed by atoms with Crippen LogP contribution in [0.25, 0.3) is 0 Å². The molecular formula is C15H20N4O. The van der Waals surface area contributed by atoms with Crippen molar-refractivity contribution < 1.29 is 4.79 Å². The van der Waals surface area contributed by atoms with Crippen LogP contribution in [0.1, 0.15) is 34.7 Å². The standard InChI is InChI=1S/C15H20N4O/c1-10-8-14(19(4)18-10)15(20)17-13-7-5-6-12(9-13)11(2)16-3/h5-9,11,16H,1-4H3,(H,17,20). The molecule has 2 aromatic rings. The van der Waals surface area contributed by atoms with Crippen LogP contribution >= 0.6 is 0 Å². The van der Waals surface area contributed by atoms with Gasteiger partial charge < -0.3 is 10.6 Å². The highest BCUT2D eigenvalue weighted by atomic mass is 16.2. The summed E-state index contributed by atoms with van der Waals surface area (Å²) in [5, 5.41) is 10.3. The second kappa shape index (κ2) is 5.88. The first kappa shape index (κ1) is 14.3. The summed E-state index contributed by atoms with van der Waals surface area (Å²) in [6.07, 6.45) is 0. The highest BCUT2D eigenvalue weighted by molar-refractivity contribution is 6.03. The van der Waals surface area contributed by atoms with E-state index in [1.165, 1.54) is 0 Å². The van der Waals surface area contributed by atoms with E-state index in [9.17, 15) is 4.79 Å². The molecule has 0 aliphatic rings. The molecule has 106 valence electrons. The first-order chi connectivity index (χ1) is 9.51. The molecule has 1 atom stereocenters. The van der Waals surface area contributed by atoms with Gasteiger partial charge in [0.2, 0.25) is 0 Å². The topological polar surface area (TPSA) is 58.9 Å². The molecule has 2 rings (SSSR count). The summed E-state index contributed by atoms with van der Waals surface area (Å²) < 4.78 is 1.59. The van der Waals surface area contributed by atoms with E-state index in [2.05, 4.69) is 22.7 Å². The van der Waals surface area contributed by atoms with Crippen molar-refractivity contribution >= 4 is 11.6 Å². The van der Waals surface area contributed by atoms with Crippen LogP contribution < -0.4 is 10.6 Å². The van der Waals surface area contributed by atoms with E-state index in [1.54, 1.807) is 17.8 Å². The third-order valence-electron chi connectivity index (χ3n) is 3.31. The summed E-state index contributed by atoms with van der Waals surface area (Å²) in [6.45, 7) is 3.94. The highest BCUT2D eigenvalue weighted by Crippen LogP contribution is 2.17. The maximum Gasteiger partial charge on any atom is 0.273 e. The molecule has 0 saturated carbocycles. The minimum absolute atomic E-state index is 0.151. The number of carbonyl (C=O) groups excluding carboxylic acids is 1. The molecule has 1 unspecified atom stereocenters. The fraction of sp³-hybridized carbons (Fsp3) is 0.333. The van der Waals surface area contributed by atoms with Crippen LogP contribution in [0.5, 0.6) is 0 Å². The Bertz CT molecular complexity index is 618. The molecule has 2 N–H and O–H groups in total. The van der Waals surface area contributed by atoms with Crippen molar-refractivity contribution in [3.05, 3.63) is 47.3 Å². The van der Waals surface area contributed by atoms with Gasteiger partial charge in [-0.15, -0.1) is 0 Å². The van der Waals surface area contributed by atoms with Crippen molar-refractivity contribution in [2.75, 3.05) is 12.4 Å². The lowest BCUT2D eigenvalue weighted by Crippen LogP contribution is -2.17. The fourth-order valence-corrected chi connectivity index (χ4v) is 2.07. The maximum absolute atomic E-state index is 12.2. The van der Waals surface area contributed by atoms with E-state index in [0.717, 1.165) is 16.9 Å². The molecule has 1 heterocycles. The fourth-order valence-electron chi connectivity index (χ4n) is 2.07. The summed E-state index contributed by atoms with van der Waals surface area (Å²) in [7, 11) is 3.68. The monoisotopic (exact) mass is 272 g/mol. The van der Waals surface area contributed by atoms with E-state index in [4.69, 9.17) is 0 Å². The van der Waals surface area contributed by atoms with Crippen LogP contribution in [0.2, 0.25) is 0 Å². The lowest BCUT2D eigenvalue weighted by Gasteiger charge is -2.12. The second-order valence-electron chi connectivity index (χ2n) is 4.88. The van der Waals surface area contributed by atoms with Crippen LogP contribution in [0.15, 0.2) is 30.3 Å². The Balaban J connectivity index is 2.18. The molecule has 0 fully saturated rings. The van der Waals surface area contributed by atoms with Gasteiger partial charge in [0.15, 0.2) is 0 Å². The van der Waals surface area contributed by atoms with Gasteiger partial charge in [-0.2, -0.15) is 5.10 Å². The Morgan fingerprint density at radius 1 is 1.35 bits per heavy atom. The maximum atomic E-state index is 12.2. The lowest BCUT2D eigenvalue weighted by molar-refractivity contribution is 0.101. The van der Waals surface area contributed by atoms with E-state index < -0.39 is 0 Å². The Kier molecular flexibility index (Phi) is 4.20. The van der Waals surface area contributed by atoms with Crippen molar-refractivity contribution in [3.63, 3.8) is 0 Å². The molecule has 0 radical (unpaired) electrons. The average Bonchev–Trinajstić information content (AvgIpc) is 2.77. The molecule has 0 saturated heterocycles. The van der Waals surface area contributed by atoms with Gasteiger partial charge in [-0.3, -0.25) is 9.48 Å². The second-order valence-corrected chi connectivity index (χ2v) is 4.88. The van der Waals surface area contributed by atoms with Crippen molar-refractivity contribution in [1.29, 1.82) is 0 Å². The summed E-state index contributed by atoms with van der Waals surface area (Å²) in [6, 6.07) is 9.84. The number of aryl methyl sites for hydroxylation is 2. The van der Waals surface area contributed by atoms with Gasteiger partial charge in [0.25, 0.3) is 5.91 Å². The van der Waals surface area contributed by atoms with Gasteiger partial charge in [0.1, 0.15) is 5.69 Å². The zero-order chi connectivity index (χ0) is 14.7. The highest BCUT2D eigenvalue weighted by Gasteiger charge is 2.12. The normalized spacial score (nSPS) is 12.2. The van der Waals surface area contributed by atoms with Crippen molar-refractivity contribution in [3.8, 4) is 0 Å². The number of nitrogens with one attached hydrogen (secondary N) is 2. The van der Waals surface area contributed by atoms with Gasteiger partial charge in [-0.25, -0.2) is 0 Å². The predicted octanol–water partition coefficient (Wildman–Crippen LogP) is 2.26. The smallest absolute Gasteiger partial charge is 0.273 e. The van der Waals surface area contributed by atoms with Crippen LogP contribution in [0, 0.1) is 6.92 Å². The van der Waals surface area contributed by atoms with Crippen LogP contribution in [-0.2, 0) is 7.05 Å². The number of hydrogen-bond donors (Lipinski definition) is 2. The predicted molar refractivity (Wildman–Crippen MR) is 79.8 cm³/mol. The van der Waals surface area contributed by atoms with E-state index in [1.807, 2.05) is 38.2 Å². The zero-order valence-electron chi connectivity index (χ0n) is 12.3. The number of hydrogen-bond acceptors (Lipinski definition) is 3. The quantitative estimate of drug-likeness (QED) is 0.897. The van der Waals surface area contributed by atoms with Crippen molar-refractivity contribution in [2.45, 2.75) is 19.9 Å². The number of benzene rings is 1. The zero-order valence-corrected chi connectivity index (χ0v) is 12.3. The Morgan fingerprint density at radius 2 is 2.10 bits per heavy atom. The Labute approximate surface area is 119 Å². The molecule has 5 nitrogen and oxygen atoms in total. The van der Waals surface area contributed by atoms with E-state index in [0.29, 0.717) is 5.69 Å². The summed E-state index contributed by atoms with van der Waals surface area (Å²) in [5.74, 6) is -0.151. The van der Waals surface area contributed by atoms with Gasteiger partial charge >= 0.3 is 0 Å². The molecule has 1 aromatic heterocycles. The minimum Gasteiger partial charge on any atom is -0.321 e. The van der Waals surface area contributed by atoms with Gasteiger partial charge in [-0.05, 0) is 44.7 Å². The largest absolute Gasteiger partial charge is 0.321 e. The summed E-state index contributed by atoms with van der Waals surface area (Å²) in [5.41, 5.74) is 3.30. The third kappa shape index (κ3) is 3.05. The van der Waals surface area contributed by atoms with Crippen LogP contribution in [-0.4, -0.2) is 22.7 Å². The number of amides is 1. The number of nitrogens with zero attached hydrogens (tertiary/aromatic N) is 2. The van der Waals surface area contributed by atoms with Crippen molar-refractivity contribution in [2.24, 2.45) is 7.05 Å². The first-order valence-electron chi connectivity index (χ1n) is 6.60. The van der Waals surface area contributed by atoms with Gasteiger partial charge in [0, 0.05) is 18.8 Å². The molecule has 0 aliphatic carbocycles. The third-order valence-corrected chi connectivity index (χ3v) is 3.31. The Hall–Kier alpha value is -2.14. The SMILES string of the molecule is CNC(C)c1cccc(NC(=O)c2cc(C)nn2C)c1. The summed E-state index contributed by atoms with van der Waals surface area (Å²) >= 11 is 0. The molecule has 0 aliphatic heterocycles. The van der Waals surface area contributed by atoms with Gasteiger partial charge in [0.05, 0.1) is 5.69 Å². The van der Waals surface area contributed by atoms with Crippen LogP contribution in [0.4, 0.5) is 5.69 Å². The van der Waals surface area contributed by atoms with E-state index >= 15 is 0 Å². The Morgan fingerprint density at radius 3 is 2.70 bits per heavy atom. The first-order valence-corrected chi connectivity index (χ1v) is 6.60. The lowest BCUT2D eigenvalue weighted by atomic mass is 10.1. The van der Waals surface area contributed by atoms with Crippen molar-refractivity contribution in [1.82, 2.24) is 15.1 Å². The molecule has 0 spiro atoms. The molecule has 1 aromatic carbocycles. The number of rotatable bonds is 4. The molecule has 1 amide bonds. The van der Waals surface area contributed by atoms with Crippen LogP contribution in [0.3, 0.4) is 0 Å². The molecule has 0 bridgehead atoms. The molecular weight excluding hydrogens is 252 g/mol. The summed E-state index contributed by atoms with van der Waals surface area (Å²) in [4.78, 5) is 12.2. The van der Waals surface area contributed by atoms with Gasteiger partial charge in [-0.1, -0.05) is 12.1 Å². The van der Waals surface area contributed by atoms with E-state index in [-0.39, 0.29) is 11.9 Å². The number of aromatic nitrogens is 2. The molecule has 5 heteroatoms.